The lowest BCUT2D eigenvalue weighted by molar-refractivity contribution is 0.0793. The Hall–Kier alpha value is -2.01. The second kappa shape index (κ2) is 5.75. The number of phenols is 2. The second-order valence-electron chi connectivity index (χ2n) is 4.26. The zero-order valence-electron chi connectivity index (χ0n) is 10.5. The van der Waals surface area contributed by atoms with Gasteiger partial charge in [0.15, 0.2) is 0 Å². The Balaban J connectivity index is 2.04. The summed E-state index contributed by atoms with van der Waals surface area (Å²) in [7, 11) is 1.68. The molecule has 0 aliphatic carbocycles. The molecule has 5 heteroatoms. The van der Waals surface area contributed by atoms with Crippen molar-refractivity contribution in [3.63, 3.8) is 0 Å². The van der Waals surface area contributed by atoms with Gasteiger partial charge in [-0.15, -0.1) is 11.3 Å². The van der Waals surface area contributed by atoms with Crippen LogP contribution in [0.1, 0.15) is 15.2 Å². The minimum absolute atomic E-state index is 0.0344. The maximum absolute atomic E-state index is 12.1. The first-order valence-electron chi connectivity index (χ1n) is 5.88. The van der Waals surface area contributed by atoms with Crippen molar-refractivity contribution < 1.29 is 15.0 Å². The average molecular weight is 277 g/mol. The number of carbonyl (C=O) groups excluding carboxylic acids is 1. The number of amides is 1. The van der Waals surface area contributed by atoms with E-state index in [9.17, 15) is 15.0 Å². The number of phenolic OH excluding ortho intramolecular Hbond substituents is 2. The third kappa shape index (κ3) is 3.26. The first kappa shape index (κ1) is 13.4. The minimum Gasteiger partial charge on any atom is -0.508 e. The van der Waals surface area contributed by atoms with E-state index in [1.807, 2.05) is 17.5 Å². The van der Waals surface area contributed by atoms with Crippen LogP contribution < -0.4 is 0 Å². The molecule has 1 aromatic carbocycles. The molecule has 4 nitrogen and oxygen atoms in total. The molecule has 0 aliphatic rings. The number of likely N-dealkylation sites (N-methyl/N-ethyl adjacent to an activating group) is 1. The molecule has 2 rings (SSSR count). The molecule has 2 N–H and O–H groups in total. The SMILES string of the molecule is CN(CCc1cccs1)C(=O)c1cc(O)ccc1O. The van der Waals surface area contributed by atoms with Crippen LogP contribution in [-0.2, 0) is 6.42 Å². The van der Waals surface area contributed by atoms with Crippen molar-refractivity contribution >= 4 is 17.2 Å². The van der Waals surface area contributed by atoms with Crippen molar-refractivity contribution in [3.05, 3.63) is 46.2 Å². The molecule has 0 saturated carbocycles. The topological polar surface area (TPSA) is 60.8 Å². The molecule has 0 spiro atoms. The number of thiophene rings is 1. The van der Waals surface area contributed by atoms with Gasteiger partial charge in [-0.1, -0.05) is 6.07 Å². The lowest BCUT2D eigenvalue weighted by Gasteiger charge is -2.17. The van der Waals surface area contributed by atoms with E-state index >= 15 is 0 Å². The van der Waals surface area contributed by atoms with Crippen molar-refractivity contribution in [2.24, 2.45) is 0 Å². The van der Waals surface area contributed by atoms with Gasteiger partial charge in [0.2, 0.25) is 0 Å². The molecule has 0 saturated heterocycles. The van der Waals surface area contributed by atoms with Crippen molar-refractivity contribution in [3.8, 4) is 11.5 Å². The number of hydrogen-bond donors (Lipinski definition) is 2. The molecule has 0 unspecified atom stereocenters. The first-order chi connectivity index (χ1) is 9.08. The number of nitrogens with zero attached hydrogens (tertiary/aromatic N) is 1. The van der Waals surface area contributed by atoms with Crippen LogP contribution in [0.2, 0.25) is 0 Å². The van der Waals surface area contributed by atoms with Gasteiger partial charge in [0.05, 0.1) is 5.56 Å². The molecular formula is C14H15NO3S. The van der Waals surface area contributed by atoms with Gasteiger partial charge >= 0.3 is 0 Å². The van der Waals surface area contributed by atoms with E-state index in [0.29, 0.717) is 6.54 Å². The van der Waals surface area contributed by atoms with E-state index in [1.165, 1.54) is 28.0 Å². The monoisotopic (exact) mass is 277 g/mol. The molecule has 1 amide bonds. The summed E-state index contributed by atoms with van der Waals surface area (Å²) in [6.07, 6.45) is 0.777. The van der Waals surface area contributed by atoms with Gasteiger partial charge in [-0.3, -0.25) is 4.79 Å². The van der Waals surface area contributed by atoms with Crippen LogP contribution in [-0.4, -0.2) is 34.6 Å². The lowest BCUT2D eigenvalue weighted by Crippen LogP contribution is -2.28. The maximum Gasteiger partial charge on any atom is 0.257 e. The summed E-state index contributed by atoms with van der Waals surface area (Å²) in [5, 5.41) is 21.0. The molecule has 0 bridgehead atoms. The Morgan fingerprint density at radius 1 is 1.32 bits per heavy atom. The largest absolute Gasteiger partial charge is 0.508 e. The highest BCUT2D eigenvalue weighted by atomic mass is 32.1. The molecule has 1 heterocycles. The summed E-state index contributed by atoms with van der Waals surface area (Å²) < 4.78 is 0. The second-order valence-corrected chi connectivity index (χ2v) is 5.29. The summed E-state index contributed by atoms with van der Waals surface area (Å²) in [6, 6.07) is 7.93. The molecule has 0 radical (unpaired) electrons. The molecule has 100 valence electrons. The van der Waals surface area contributed by atoms with E-state index in [2.05, 4.69) is 0 Å². The predicted molar refractivity (Wildman–Crippen MR) is 74.8 cm³/mol. The van der Waals surface area contributed by atoms with Crippen LogP contribution >= 0.6 is 11.3 Å². The lowest BCUT2D eigenvalue weighted by atomic mass is 10.1. The third-order valence-corrected chi connectivity index (χ3v) is 3.77. The molecule has 0 fully saturated rings. The highest BCUT2D eigenvalue weighted by Crippen LogP contribution is 2.23. The fraction of sp³-hybridized carbons (Fsp3) is 0.214. The summed E-state index contributed by atoms with van der Waals surface area (Å²) in [4.78, 5) is 14.9. The number of hydrogen-bond acceptors (Lipinski definition) is 4. The van der Waals surface area contributed by atoms with Crippen molar-refractivity contribution in [1.82, 2.24) is 4.90 Å². The summed E-state index contributed by atoms with van der Waals surface area (Å²) in [5.41, 5.74) is 0.119. The Labute approximate surface area is 115 Å². The summed E-state index contributed by atoms with van der Waals surface area (Å²) in [5.74, 6) is -0.455. The Morgan fingerprint density at radius 2 is 2.11 bits per heavy atom. The van der Waals surface area contributed by atoms with Gasteiger partial charge in [-0.2, -0.15) is 0 Å². The quantitative estimate of drug-likeness (QED) is 0.844. The van der Waals surface area contributed by atoms with Crippen LogP contribution in [0.15, 0.2) is 35.7 Å². The van der Waals surface area contributed by atoms with Gasteiger partial charge in [0.1, 0.15) is 11.5 Å². The number of benzene rings is 1. The smallest absolute Gasteiger partial charge is 0.257 e. The van der Waals surface area contributed by atoms with Gasteiger partial charge in [0.25, 0.3) is 5.91 Å². The standard InChI is InChI=1S/C14H15NO3S/c1-15(7-6-11-3-2-8-19-11)14(18)12-9-10(16)4-5-13(12)17/h2-5,8-9,16-17H,6-7H2,1H3. The van der Waals surface area contributed by atoms with Gasteiger partial charge < -0.3 is 15.1 Å². The molecule has 0 aliphatic heterocycles. The van der Waals surface area contributed by atoms with Crippen LogP contribution in [0.3, 0.4) is 0 Å². The number of rotatable bonds is 4. The zero-order valence-corrected chi connectivity index (χ0v) is 11.4. The Bertz CT molecular complexity index is 566. The van der Waals surface area contributed by atoms with Gasteiger partial charge in [-0.25, -0.2) is 0 Å². The Kier molecular flexibility index (Phi) is 4.06. The highest BCUT2D eigenvalue weighted by Gasteiger charge is 2.16. The normalized spacial score (nSPS) is 10.4. The molecule has 0 atom stereocenters. The predicted octanol–water partition coefficient (Wildman–Crippen LogP) is 2.47. The van der Waals surface area contributed by atoms with Crippen LogP contribution in [0, 0.1) is 0 Å². The highest BCUT2D eigenvalue weighted by molar-refractivity contribution is 7.09. The van der Waals surface area contributed by atoms with Gasteiger partial charge in [-0.05, 0) is 36.1 Å². The van der Waals surface area contributed by atoms with Crippen LogP contribution in [0.4, 0.5) is 0 Å². The number of carbonyl (C=O) groups is 1. The molecular weight excluding hydrogens is 262 g/mol. The third-order valence-electron chi connectivity index (χ3n) is 2.83. The Morgan fingerprint density at radius 3 is 2.79 bits per heavy atom. The fourth-order valence-corrected chi connectivity index (χ4v) is 2.43. The fourth-order valence-electron chi connectivity index (χ4n) is 1.74. The summed E-state index contributed by atoms with van der Waals surface area (Å²) >= 11 is 1.65. The maximum atomic E-state index is 12.1. The average Bonchev–Trinajstić information content (AvgIpc) is 2.91. The van der Waals surface area contributed by atoms with E-state index in [-0.39, 0.29) is 23.0 Å². The van der Waals surface area contributed by atoms with Crippen molar-refractivity contribution in [2.75, 3.05) is 13.6 Å². The molecule has 2 aromatic rings. The molecule has 1 aromatic heterocycles. The van der Waals surface area contributed by atoms with E-state index in [0.717, 1.165) is 6.42 Å². The van der Waals surface area contributed by atoms with Crippen LogP contribution in [0.5, 0.6) is 11.5 Å². The number of aromatic hydroxyl groups is 2. The van der Waals surface area contributed by atoms with Crippen molar-refractivity contribution in [2.45, 2.75) is 6.42 Å². The van der Waals surface area contributed by atoms with Gasteiger partial charge in [0, 0.05) is 18.5 Å². The zero-order chi connectivity index (χ0) is 13.8. The van der Waals surface area contributed by atoms with E-state index in [4.69, 9.17) is 0 Å². The minimum atomic E-state index is -0.301. The first-order valence-corrected chi connectivity index (χ1v) is 6.75. The van der Waals surface area contributed by atoms with E-state index in [1.54, 1.807) is 18.4 Å². The summed E-state index contributed by atoms with van der Waals surface area (Å²) in [6.45, 7) is 0.564. The van der Waals surface area contributed by atoms with Crippen molar-refractivity contribution in [1.29, 1.82) is 0 Å². The van der Waals surface area contributed by atoms with Crippen LogP contribution in [0.25, 0.3) is 0 Å². The molecule has 19 heavy (non-hydrogen) atoms. The van der Waals surface area contributed by atoms with E-state index < -0.39 is 0 Å².